The van der Waals surface area contributed by atoms with Crippen LogP contribution < -0.4 is 10.6 Å². The lowest BCUT2D eigenvalue weighted by Crippen LogP contribution is -2.28. The first-order valence-corrected chi connectivity index (χ1v) is 10.4. The van der Waals surface area contributed by atoms with Gasteiger partial charge in [0.25, 0.3) is 5.91 Å². The molecule has 34 heavy (non-hydrogen) atoms. The van der Waals surface area contributed by atoms with Crippen LogP contribution in [0.4, 0.5) is 25.1 Å². The molecule has 1 amide bonds. The summed E-state index contributed by atoms with van der Waals surface area (Å²) in [6.45, 7) is 2.35. The van der Waals surface area contributed by atoms with Crippen LogP contribution in [0, 0.1) is 0 Å². The number of aromatic nitrogens is 3. The number of alkyl halides is 3. The lowest BCUT2D eigenvalue weighted by molar-refractivity contribution is -0.137. The molecule has 3 N–H and O–H groups in total. The Balaban J connectivity index is 1.48. The first kappa shape index (κ1) is 23.5. The number of amides is 1. The predicted molar refractivity (Wildman–Crippen MR) is 118 cm³/mol. The number of carbonyl (C=O) groups is 1. The maximum Gasteiger partial charge on any atom is 0.416 e. The number of ether oxygens (including phenoxy) is 1. The molecule has 0 radical (unpaired) electrons. The number of rotatable bonds is 8. The van der Waals surface area contributed by atoms with Crippen LogP contribution in [-0.4, -0.2) is 51.4 Å². The number of anilines is 2. The van der Waals surface area contributed by atoms with Crippen LogP contribution in [0.2, 0.25) is 0 Å². The molecular weight excluding hydrogens is 455 g/mol. The van der Waals surface area contributed by atoms with Crippen molar-refractivity contribution < 1.29 is 32.2 Å². The number of aliphatic hydroxyl groups is 1. The number of nitrogens with one attached hydrogen (secondary N) is 2. The van der Waals surface area contributed by atoms with Gasteiger partial charge in [-0.1, -0.05) is 0 Å². The summed E-state index contributed by atoms with van der Waals surface area (Å²) < 4.78 is 51.1. The van der Waals surface area contributed by atoms with Crippen LogP contribution in [0.5, 0.6) is 0 Å². The quantitative estimate of drug-likeness (QED) is 0.332. The largest absolute Gasteiger partial charge is 0.423 e. The molecular formula is C22H22F3N5O4. The van der Waals surface area contributed by atoms with E-state index in [0.29, 0.717) is 17.0 Å². The number of aryl methyl sites for hydroxylation is 1. The first-order valence-electron chi connectivity index (χ1n) is 10.4. The third-order valence-corrected chi connectivity index (χ3v) is 4.97. The van der Waals surface area contributed by atoms with Crippen LogP contribution >= 0.6 is 0 Å². The Morgan fingerprint density at radius 1 is 1.21 bits per heavy atom. The lowest BCUT2D eigenvalue weighted by atomic mass is 10.2. The molecule has 9 nitrogen and oxygen atoms in total. The van der Waals surface area contributed by atoms with Crippen molar-refractivity contribution in [3.63, 3.8) is 0 Å². The van der Waals surface area contributed by atoms with Crippen molar-refractivity contribution >= 4 is 40.0 Å². The van der Waals surface area contributed by atoms with E-state index in [1.165, 1.54) is 6.07 Å². The van der Waals surface area contributed by atoms with E-state index in [-0.39, 0.29) is 42.8 Å². The third kappa shape index (κ3) is 5.13. The Kier molecular flexibility index (Phi) is 6.44. The smallest absolute Gasteiger partial charge is 0.416 e. The van der Waals surface area contributed by atoms with Gasteiger partial charge in [0.1, 0.15) is 5.52 Å². The maximum absolute atomic E-state index is 12.9. The number of hydrogen-bond donors (Lipinski definition) is 3. The van der Waals surface area contributed by atoms with Crippen molar-refractivity contribution in [1.29, 1.82) is 0 Å². The van der Waals surface area contributed by atoms with Crippen molar-refractivity contribution in [2.24, 2.45) is 7.05 Å². The van der Waals surface area contributed by atoms with Gasteiger partial charge in [-0.3, -0.25) is 10.1 Å². The van der Waals surface area contributed by atoms with E-state index in [0.717, 1.165) is 17.6 Å². The number of fused-ring (bicyclic) bond motifs is 2. The van der Waals surface area contributed by atoms with Gasteiger partial charge < -0.3 is 24.1 Å². The van der Waals surface area contributed by atoms with Gasteiger partial charge in [0.15, 0.2) is 5.58 Å². The molecule has 0 saturated heterocycles. The number of aliphatic hydroxyl groups excluding tert-OH is 1. The molecule has 0 fully saturated rings. The summed E-state index contributed by atoms with van der Waals surface area (Å²) in [6.07, 6.45) is -5.06. The fourth-order valence-corrected chi connectivity index (χ4v) is 3.30. The minimum absolute atomic E-state index is 0.00697. The number of nitrogens with zero attached hydrogens (tertiary/aromatic N) is 3. The molecule has 4 aromatic rings. The van der Waals surface area contributed by atoms with Gasteiger partial charge >= 0.3 is 12.2 Å². The summed E-state index contributed by atoms with van der Waals surface area (Å²) in [5.74, 6) is 0.0313. The minimum Gasteiger partial charge on any atom is -0.423 e. The average molecular weight is 477 g/mol. The molecule has 1 atom stereocenters. The van der Waals surface area contributed by atoms with Gasteiger partial charge in [-0.25, -0.2) is 4.98 Å². The Morgan fingerprint density at radius 3 is 2.74 bits per heavy atom. The van der Waals surface area contributed by atoms with Crippen LogP contribution in [0.3, 0.4) is 0 Å². The van der Waals surface area contributed by atoms with Gasteiger partial charge in [0, 0.05) is 19.2 Å². The highest BCUT2D eigenvalue weighted by Crippen LogP contribution is 2.32. The molecule has 0 aliphatic rings. The Hall–Kier alpha value is -3.64. The average Bonchev–Trinajstić information content (AvgIpc) is 3.32. The second-order valence-corrected chi connectivity index (χ2v) is 7.70. The van der Waals surface area contributed by atoms with Crippen molar-refractivity contribution in [1.82, 2.24) is 19.9 Å². The Morgan fingerprint density at radius 2 is 2.00 bits per heavy atom. The van der Waals surface area contributed by atoms with E-state index in [9.17, 15) is 18.0 Å². The van der Waals surface area contributed by atoms with Gasteiger partial charge in [-0.2, -0.15) is 18.2 Å². The van der Waals surface area contributed by atoms with E-state index < -0.39 is 17.8 Å². The summed E-state index contributed by atoms with van der Waals surface area (Å²) in [5, 5.41) is 14.8. The monoisotopic (exact) mass is 477 g/mol. The molecule has 0 saturated carbocycles. The Labute approximate surface area is 191 Å². The van der Waals surface area contributed by atoms with Crippen LogP contribution in [0.15, 0.2) is 40.8 Å². The van der Waals surface area contributed by atoms with E-state index in [1.807, 2.05) is 0 Å². The minimum atomic E-state index is -4.49. The molecule has 0 aliphatic heterocycles. The van der Waals surface area contributed by atoms with Crippen LogP contribution in [0.25, 0.3) is 22.1 Å². The van der Waals surface area contributed by atoms with Crippen LogP contribution in [0.1, 0.15) is 22.8 Å². The van der Waals surface area contributed by atoms with E-state index >= 15 is 0 Å². The van der Waals surface area contributed by atoms with E-state index in [1.54, 1.807) is 36.7 Å². The highest BCUT2D eigenvalue weighted by Gasteiger charge is 2.31. The zero-order chi connectivity index (χ0) is 24.5. The van der Waals surface area contributed by atoms with Gasteiger partial charge in [0.05, 0.1) is 35.9 Å². The van der Waals surface area contributed by atoms with Gasteiger partial charge in [0.2, 0.25) is 5.95 Å². The molecule has 180 valence electrons. The summed E-state index contributed by atoms with van der Waals surface area (Å²) in [6, 6.07) is 8.06. The normalized spacial score (nSPS) is 12.9. The second kappa shape index (κ2) is 9.31. The Bertz CT molecular complexity index is 1330. The molecule has 2 heterocycles. The predicted octanol–water partition coefficient (Wildman–Crippen LogP) is 3.60. The zero-order valence-electron chi connectivity index (χ0n) is 18.3. The highest BCUT2D eigenvalue weighted by atomic mass is 19.4. The summed E-state index contributed by atoms with van der Waals surface area (Å²) in [4.78, 5) is 21.0. The summed E-state index contributed by atoms with van der Waals surface area (Å²) >= 11 is 0. The number of carbonyl (C=O) groups excluding carboxylic acids is 1. The third-order valence-electron chi connectivity index (χ3n) is 4.97. The van der Waals surface area contributed by atoms with E-state index in [4.69, 9.17) is 14.3 Å². The standard InChI is InChI=1S/C22H22F3N5O4/c1-12(31)11-33-8-7-26-19(32)13-3-6-17-16(9-13)27-20(30(17)2)29-21-28-15-5-4-14(22(23,24)25)10-18(15)34-21/h3-6,9-10,12,31H,7-8,11H2,1-2H3,(H,26,32)(H,27,28,29). The van der Waals surface area contributed by atoms with Gasteiger partial charge in [-0.15, -0.1) is 0 Å². The second-order valence-electron chi connectivity index (χ2n) is 7.70. The molecule has 1 unspecified atom stereocenters. The fraction of sp³-hybridized carbons (Fsp3) is 0.318. The van der Waals surface area contributed by atoms with Crippen molar-refractivity contribution in [2.45, 2.75) is 19.2 Å². The summed E-state index contributed by atoms with van der Waals surface area (Å²) in [5.41, 5.74) is 1.08. The lowest BCUT2D eigenvalue weighted by Gasteiger charge is -2.08. The molecule has 0 spiro atoms. The molecule has 12 heteroatoms. The molecule has 0 bridgehead atoms. The number of oxazole rings is 1. The highest BCUT2D eigenvalue weighted by molar-refractivity contribution is 5.97. The topological polar surface area (TPSA) is 114 Å². The number of hydrogen-bond acceptors (Lipinski definition) is 7. The molecule has 2 aromatic heterocycles. The van der Waals surface area contributed by atoms with Crippen molar-refractivity contribution in [3.05, 3.63) is 47.5 Å². The summed E-state index contributed by atoms with van der Waals surface area (Å²) in [7, 11) is 1.74. The number of imidazole rings is 1. The van der Waals surface area contributed by atoms with Gasteiger partial charge in [-0.05, 0) is 43.3 Å². The number of halogens is 3. The van der Waals surface area contributed by atoms with Crippen molar-refractivity contribution in [3.8, 4) is 0 Å². The molecule has 4 rings (SSSR count). The first-order chi connectivity index (χ1) is 16.1. The van der Waals surface area contributed by atoms with Crippen LogP contribution in [-0.2, 0) is 18.0 Å². The fourth-order valence-electron chi connectivity index (χ4n) is 3.30. The zero-order valence-corrected chi connectivity index (χ0v) is 18.3. The maximum atomic E-state index is 12.9. The SMILES string of the molecule is CC(O)COCCNC(=O)c1ccc2c(c1)nc(Nc1nc3ccc(C(F)(F)F)cc3o1)n2C. The van der Waals surface area contributed by atoms with Crippen molar-refractivity contribution in [2.75, 3.05) is 25.1 Å². The number of benzene rings is 2. The van der Waals surface area contributed by atoms with E-state index in [2.05, 4.69) is 20.6 Å². The molecule has 2 aromatic carbocycles. The molecule has 0 aliphatic carbocycles.